The Kier molecular flexibility index (Phi) is 4.59. The Bertz CT molecular complexity index is 293. The Morgan fingerprint density at radius 2 is 1.69 bits per heavy atom. The summed E-state index contributed by atoms with van der Waals surface area (Å²) in [6, 6.07) is 3.91. The second-order valence-corrected chi connectivity index (χ2v) is 5.13. The molecule has 0 unspecified atom stereocenters. The lowest BCUT2D eigenvalue weighted by Gasteiger charge is -2.28. The van der Waals surface area contributed by atoms with Gasteiger partial charge >= 0.3 is 0 Å². The number of anilines is 2. The SMILES string of the molecule is CC(C)CN(CC(C)C)c1ccc(N)nc1. The molecule has 0 amide bonds. The molecule has 0 spiro atoms. The molecule has 0 fully saturated rings. The number of rotatable bonds is 5. The third-order valence-electron chi connectivity index (χ3n) is 2.31. The normalized spacial score (nSPS) is 11.1. The monoisotopic (exact) mass is 221 g/mol. The van der Waals surface area contributed by atoms with Gasteiger partial charge in [-0.25, -0.2) is 4.98 Å². The molecule has 0 aliphatic rings. The zero-order valence-corrected chi connectivity index (χ0v) is 10.8. The molecule has 90 valence electrons. The summed E-state index contributed by atoms with van der Waals surface area (Å²) in [5.74, 6) is 1.88. The fraction of sp³-hybridized carbons (Fsp3) is 0.615. The molecule has 0 aliphatic heterocycles. The van der Waals surface area contributed by atoms with Crippen LogP contribution in [-0.4, -0.2) is 18.1 Å². The van der Waals surface area contributed by atoms with Crippen molar-refractivity contribution in [1.82, 2.24) is 4.98 Å². The second-order valence-electron chi connectivity index (χ2n) is 5.13. The number of hydrogen-bond donors (Lipinski definition) is 1. The van der Waals surface area contributed by atoms with Crippen molar-refractivity contribution in [3.63, 3.8) is 0 Å². The summed E-state index contributed by atoms with van der Waals surface area (Å²) in [5.41, 5.74) is 6.76. The standard InChI is InChI=1S/C13H23N3/c1-10(2)8-16(9-11(3)4)12-5-6-13(14)15-7-12/h5-7,10-11H,8-9H2,1-4H3,(H2,14,15). The van der Waals surface area contributed by atoms with E-state index in [9.17, 15) is 0 Å². The number of hydrogen-bond acceptors (Lipinski definition) is 3. The Labute approximate surface area is 98.7 Å². The highest BCUT2D eigenvalue weighted by atomic mass is 15.1. The van der Waals surface area contributed by atoms with E-state index in [2.05, 4.69) is 37.6 Å². The molecule has 0 aliphatic carbocycles. The van der Waals surface area contributed by atoms with Crippen LogP contribution in [0.5, 0.6) is 0 Å². The summed E-state index contributed by atoms with van der Waals surface area (Å²) in [6.45, 7) is 11.1. The van der Waals surface area contributed by atoms with Gasteiger partial charge in [0.2, 0.25) is 0 Å². The lowest BCUT2D eigenvalue weighted by atomic mass is 10.1. The van der Waals surface area contributed by atoms with Gasteiger partial charge in [0.1, 0.15) is 5.82 Å². The molecule has 2 N–H and O–H groups in total. The third-order valence-corrected chi connectivity index (χ3v) is 2.31. The van der Waals surface area contributed by atoms with Gasteiger partial charge < -0.3 is 10.6 Å². The Hall–Kier alpha value is -1.25. The van der Waals surface area contributed by atoms with E-state index in [-0.39, 0.29) is 0 Å². The van der Waals surface area contributed by atoms with Crippen molar-refractivity contribution in [3.05, 3.63) is 18.3 Å². The van der Waals surface area contributed by atoms with Gasteiger partial charge in [-0.05, 0) is 24.0 Å². The third kappa shape index (κ3) is 4.09. The van der Waals surface area contributed by atoms with Crippen molar-refractivity contribution >= 4 is 11.5 Å². The number of pyridine rings is 1. The van der Waals surface area contributed by atoms with Crippen LogP contribution in [0.3, 0.4) is 0 Å². The first-order valence-corrected chi connectivity index (χ1v) is 5.95. The van der Waals surface area contributed by atoms with E-state index in [1.165, 1.54) is 0 Å². The van der Waals surface area contributed by atoms with E-state index in [0.717, 1.165) is 18.8 Å². The molecule has 0 radical (unpaired) electrons. The van der Waals surface area contributed by atoms with Crippen molar-refractivity contribution in [1.29, 1.82) is 0 Å². The van der Waals surface area contributed by atoms with E-state index >= 15 is 0 Å². The van der Waals surface area contributed by atoms with Crippen molar-refractivity contribution in [2.45, 2.75) is 27.7 Å². The smallest absolute Gasteiger partial charge is 0.123 e. The first-order valence-electron chi connectivity index (χ1n) is 5.95. The van der Waals surface area contributed by atoms with Crippen LogP contribution >= 0.6 is 0 Å². The van der Waals surface area contributed by atoms with Gasteiger partial charge in [0.25, 0.3) is 0 Å². The maximum atomic E-state index is 5.60. The highest BCUT2D eigenvalue weighted by Crippen LogP contribution is 2.17. The van der Waals surface area contributed by atoms with Crippen LogP contribution in [0.1, 0.15) is 27.7 Å². The first-order chi connectivity index (χ1) is 7.49. The molecule has 0 saturated carbocycles. The molecule has 1 aromatic rings. The minimum absolute atomic E-state index is 0.581. The topological polar surface area (TPSA) is 42.1 Å². The van der Waals surface area contributed by atoms with Crippen molar-refractivity contribution in [3.8, 4) is 0 Å². The quantitative estimate of drug-likeness (QED) is 0.831. The highest BCUT2D eigenvalue weighted by Gasteiger charge is 2.10. The molecule has 0 aromatic carbocycles. The van der Waals surface area contributed by atoms with Crippen LogP contribution in [0.2, 0.25) is 0 Å². The van der Waals surface area contributed by atoms with Gasteiger partial charge in [-0.15, -0.1) is 0 Å². The van der Waals surface area contributed by atoms with Crippen molar-refractivity contribution < 1.29 is 0 Å². The number of nitrogen functional groups attached to an aromatic ring is 1. The molecule has 1 rings (SSSR count). The van der Waals surface area contributed by atoms with Crippen LogP contribution in [0.25, 0.3) is 0 Å². The molecule has 1 aromatic heterocycles. The van der Waals surface area contributed by atoms with Crippen LogP contribution in [0.15, 0.2) is 18.3 Å². The lowest BCUT2D eigenvalue weighted by molar-refractivity contribution is 0.552. The Morgan fingerprint density at radius 3 is 2.06 bits per heavy atom. The molecule has 3 nitrogen and oxygen atoms in total. The van der Waals surface area contributed by atoms with E-state index in [1.54, 1.807) is 0 Å². The van der Waals surface area contributed by atoms with Gasteiger partial charge in [-0.2, -0.15) is 0 Å². The minimum Gasteiger partial charge on any atom is -0.384 e. The average Bonchev–Trinajstić information content (AvgIpc) is 2.16. The van der Waals surface area contributed by atoms with Gasteiger partial charge in [0.15, 0.2) is 0 Å². The fourth-order valence-electron chi connectivity index (χ4n) is 1.75. The summed E-state index contributed by atoms with van der Waals surface area (Å²) >= 11 is 0. The maximum absolute atomic E-state index is 5.60. The van der Waals surface area contributed by atoms with Gasteiger partial charge in [0, 0.05) is 13.1 Å². The van der Waals surface area contributed by atoms with Crippen LogP contribution < -0.4 is 10.6 Å². The molecule has 16 heavy (non-hydrogen) atoms. The lowest BCUT2D eigenvalue weighted by Crippen LogP contribution is -2.31. The molecule has 1 heterocycles. The van der Waals surface area contributed by atoms with E-state index in [4.69, 9.17) is 5.73 Å². The van der Waals surface area contributed by atoms with Gasteiger partial charge in [-0.3, -0.25) is 0 Å². The van der Waals surface area contributed by atoms with Gasteiger partial charge in [0.05, 0.1) is 11.9 Å². The molecular weight excluding hydrogens is 198 g/mol. The Balaban J connectivity index is 2.78. The summed E-state index contributed by atoms with van der Waals surface area (Å²) in [4.78, 5) is 6.53. The summed E-state index contributed by atoms with van der Waals surface area (Å²) in [7, 11) is 0. The van der Waals surface area contributed by atoms with Crippen molar-refractivity contribution in [2.24, 2.45) is 11.8 Å². The molecule has 0 saturated heterocycles. The van der Waals surface area contributed by atoms with Crippen LogP contribution in [-0.2, 0) is 0 Å². The van der Waals surface area contributed by atoms with Gasteiger partial charge in [-0.1, -0.05) is 27.7 Å². The summed E-state index contributed by atoms with van der Waals surface area (Å²) in [5, 5.41) is 0. The molecule has 0 atom stereocenters. The number of aromatic nitrogens is 1. The second kappa shape index (κ2) is 5.73. The maximum Gasteiger partial charge on any atom is 0.123 e. The minimum atomic E-state index is 0.581. The predicted molar refractivity (Wildman–Crippen MR) is 70.5 cm³/mol. The average molecular weight is 221 g/mol. The number of nitrogens with zero attached hydrogens (tertiary/aromatic N) is 2. The molecule has 3 heteroatoms. The summed E-state index contributed by atoms with van der Waals surface area (Å²) < 4.78 is 0. The first kappa shape index (κ1) is 12.8. The van der Waals surface area contributed by atoms with E-state index in [1.807, 2.05) is 18.3 Å². The van der Waals surface area contributed by atoms with E-state index < -0.39 is 0 Å². The predicted octanol–water partition coefficient (Wildman–Crippen LogP) is 2.78. The molecule has 0 bridgehead atoms. The van der Waals surface area contributed by atoms with Crippen molar-refractivity contribution in [2.75, 3.05) is 23.7 Å². The molecular formula is C13H23N3. The van der Waals surface area contributed by atoms with E-state index in [0.29, 0.717) is 17.7 Å². The zero-order valence-electron chi connectivity index (χ0n) is 10.8. The zero-order chi connectivity index (χ0) is 12.1. The fourth-order valence-corrected chi connectivity index (χ4v) is 1.75. The summed E-state index contributed by atoms with van der Waals surface area (Å²) in [6.07, 6.45) is 1.86. The highest BCUT2D eigenvalue weighted by molar-refractivity contribution is 5.48. The Morgan fingerprint density at radius 1 is 1.12 bits per heavy atom. The number of nitrogens with two attached hydrogens (primary N) is 1. The van der Waals surface area contributed by atoms with Crippen LogP contribution in [0.4, 0.5) is 11.5 Å². The largest absolute Gasteiger partial charge is 0.384 e. The van der Waals surface area contributed by atoms with Crippen LogP contribution in [0, 0.1) is 11.8 Å².